The lowest BCUT2D eigenvalue weighted by molar-refractivity contribution is 0.256. The van der Waals surface area contributed by atoms with Crippen molar-refractivity contribution in [2.45, 2.75) is 32.2 Å². The highest BCUT2D eigenvalue weighted by molar-refractivity contribution is 5.75. The van der Waals surface area contributed by atoms with E-state index in [0.29, 0.717) is 0 Å². The minimum Gasteiger partial charge on any atom is -0.478 e. The zero-order valence-electron chi connectivity index (χ0n) is 16.8. The van der Waals surface area contributed by atoms with Crippen molar-refractivity contribution in [1.29, 1.82) is 0 Å². The molecule has 0 saturated carbocycles. The third kappa shape index (κ3) is 4.17. The van der Waals surface area contributed by atoms with Crippen LogP contribution in [0.4, 0.5) is 5.82 Å². The van der Waals surface area contributed by atoms with E-state index in [-0.39, 0.29) is 0 Å². The van der Waals surface area contributed by atoms with Gasteiger partial charge in [-0.25, -0.2) is 9.97 Å². The molecule has 0 spiro atoms. The minimum atomic E-state index is 0.740. The van der Waals surface area contributed by atoms with E-state index in [0.717, 1.165) is 67.5 Å². The standard InChI is InChI=1S/C23H27N5O/c1-2-13-27(12-1)14-4-16-29-23-9-6-18-17-28(15-10-19(18)26-23)22-8-7-20-21(25-22)5-3-11-24-20/h3,5-9,11H,1-2,4,10,12-17H2. The van der Waals surface area contributed by atoms with Gasteiger partial charge in [0.2, 0.25) is 5.88 Å². The second kappa shape index (κ2) is 8.33. The number of aromatic nitrogens is 3. The van der Waals surface area contributed by atoms with Gasteiger partial charge in [0.25, 0.3) is 0 Å². The van der Waals surface area contributed by atoms with Crippen molar-refractivity contribution in [2.24, 2.45) is 0 Å². The average Bonchev–Trinajstić information content (AvgIpc) is 3.29. The third-order valence-electron chi connectivity index (χ3n) is 5.86. The van der Waals surface area contributed by atoms with Gasteiger partial charge in [0, 0.05) is 38.3 Å². The molecule has 0 radical (unpaired) electrons. The van der Waals surface area contributed by atoms with Crippen LogP contribution in [0.2, 0.25) is 0 Å². The first-order chi connectivity index (χ1) is 14.3. The van der Waals surface area contributed by atoms with E-state index in [2.05, 4.69) is 26.9 Å². The Labute approximate surface area is 171 Å². The van der Waals surface area contributed by atoms with E-state index in [1.807, 2.05) is 24.3 Å². The van der Waals surface area contributed by atoms with Crippen LogP contribution in [0.5, 0.6) is 5.88 Å². The molecule has 1 saturated heterocycles. The molecule has 6 nitrogen and oxygen atoms in total. The SMILES string of the molecule is c1cnc2ccc(N3CCc4nc(OCCCN5CCCC5)ccc4C3)nc2c1. The second-order valence-corrected chi connectivity index (χ2v) is 7.89. The van der Waals surface area contributed by atoms with Gasteiger partial charge < -0.3 is 14.5 Å². The Morgan fingerprint density at radius 1 is 0.931 bits per heavy atom. The van der Waals surface area contributed by atoms with Gasteiger partial charge in [-0.15, -0.1) is 0 Å². The summed E-state index contributed by atoms with van der Waals surface area (Å²) in [6.45, 7) is 6.11. The number of rotatable bonds is 6. The van der Waals surface area contributed by atoms with E-state index < -0.39 is 0 Å². The second-order valence-electron chi connectivity index (χ2n) is 7.89. The normalized spacial score (nSPS) is 16.9. The summed E-state index contributed by atoms with van der Waals surface area (Å²) in [6, 6.07) is 12.2. The monoisotopic (exact) mass is 389 g/mol. The molecule has 5 rings (SSSR count). The Morgan fingerprint density at radius 2 is 1.86 bits per heavy atom. The fourth-order valence-electron chi connectivity index (χ4n) is 4.27. The molecule has 0 unspecified atom stereocenters. The topological polar surface area (TPSA) is 54.4 Å². The number of anilines is 1. The summed E-state index contributed by atoms with van der Waals surface area (Å²) >= 11 is 0. The Bertz CT molecular complexity index is 986. The first-order valence-electron chi connectivity index (χ1n) is 10.7. The maximum absolute atomic E-state index is 5.92. The smallest absolute Gasteiger partial charge is 0.213 e. The molecule has 150 valence electrons. The Hall–Kier alpha value is -2.73. The summed E-state index contributed by atoms with van der Waals surface area (Å²) in [5.41, 5.74) is 4.28. The maximum atomic E-state index is 5.92. The van der Waals surface area contributed by atoms with Crippen LogP contribution in [0, 0.1) is 0 Å². The van der Waals surface area contributed by atoms with Crippen LogP contribution in [0.3, 0.4) is 0 Å². The van der Waals surface area contributed by atoms with Gasteiger partial charge in [-0.1, -0.05) is 6.07 Å². The predicted octanol–water partition coefficient (Wildman–Crippen LogP) is 3.45. The fourth-order valence-corrected chi connectivity index (χ4v) is 4.27. The lowest BCUT2D eigenvalue weighted by atomic mass is 10.1. The molecule has 1 fully saturated rings. The zero-order chi connectivity index (χ0) is 19.5. The number of hydrogen-bond donors (Lipinski definition) is 0. The molecule has 6 heteroatoms. The van der Waals surface area contributed by atoms with Gasteiger partial charge >= 0.3 is 0 Å². The van der Waals surface area contributed by atoms with E-state index >= 15 is 0 Å². The number of hydrogen-bond acceptors (Lipinski definition) is 6. The number of likely N-dealkylation sites (tertiary alicyclic amines) is 1. The third-order valence-corrected chi connectivity index (χ3v) is 5.86. The molecule has 0 N–H and O–H groups in total. The zero-order valence-corrected chi connectivity index (χ0v) is 16.8. The molecule has 2 aliphatic rings. The van der Waals surface area contributed by atoms with Gasteiger partial charge in [-0.05, 0) is 62.2 Å². The maximum Gasteiger partial charge on any atom is 0.213 e. The van der Waals surface area contributed by atoms with Crippen LogP contribution < -0.4 is 9.64 Å². The molecular weight excluding hydrogens is 362 g/mol. The van der Waals surface area contributed by atoms with Crippen LogP contribution >= 0.6 is 0 Å². The van der Waals surface area contributed by atoms with Crippen molar-refractivity contribution < 1.29 is 4.74 Å². The lowest BCUT2D eigenvalue weighted by Crippen LogP contribution is -2.31. The van der Waals surface area contributed by atoms with E-state index in [1.165, 1.54) is 31.5 Å². The Kier molecular flexibility index (Phi) is 5.26. The highest BCUT2D eigenvalue weighted by Gasteiger charge is 2.19. The van der Waals surface area contributed by atoms with Crippen molar-refractivity contribution in [3.8, 4) is 5.88 Å². The summed E-state index contributed by atoms with van der Waals surface area (Å²) in [5.74, 6) is 1.76. The molecule has 5 heterocycles. The van der Waals surface area contributed by atoms with Crippen LogP contribution in [-0.2, 0) is 13.0 Å². The molecule has 29 heavy (non-hydrogen) atoms. The Morgan fingerprint density at radius 3 is 2.79 bits per heavy atom. The van der Waals surface area contributed by atoms with Gasteiger partial charge in [0.15, 0.2) is 0 Å². The molecule has 0 atom stereocenters. The molecule has 0 aromatic carbocycles. The summed E-state index contributed by atoms with van der Waals surface area (Å²) in [4.78, 5) is 18.7. The van der Waals surface area contributed by atoms with Gasteiger partial charge in [-0.2, -0.15) is 0 Å². The van der Waals surface area contributed by atoms with Crippen molar-refractivity contribution in [2.75, 3.05) is 37.7 Å². The Balaban J connectivity index is 1.20. The van der Waals surface area contributed by atoms with Crippen LogP contribution in [0.15, 0.2) is 42.6 Å². The van der Waals surface area contributed by atoms with Crippen LogP contribution in [0.25, 0.3) is 11.0 Å². The molecule has 0 aliphatic carbocycles. The number of ether oxygens (including phenoxy) is 1. The molecule has 2 aliphatic heterocycles. The highest BCUT2D eigenvalue weighted by atomic mass is 16.5. The molecule has 0 bridgehead atoms. The van der Waals surface area contributed by atoms with Crippen LogP contribution in [0.1, 0.15) is 30.5 Å². The first kappa shape index (κ1) is 18.3. The van der Waals surface area contributed by atoms with Crippen LogP contribution in [-0.4, -0.2) is 52.6 Å². The lowest BCUT2D eigenvalue weighted by Gasteiger charge is -2.29. The van der Waals surface area contributed by atoms with E-state index in [9.17, 15) is 0 Å². The highest BCUT2D eigenvalue weighted by Crippen LogP contribution is 2.25. The van der Waals surface area contributed by atoms with Crippen molar-refractivity contribution >= 4 is 16.9 Å². The van der Waals surface area contributed by atoms with Crippen molar-refractivity contribution in [1.82, 2.24) is 19.9 Å². The number of pyridine rings is 3. The van der Waals surface area contributed by atoms with Crippen molar-refractivity contribution in [3.05, 3.63) is 53.9 Å². The summed E-state index contributed by atoms with van der Waals surface area (Å²) in [7, 11) is 0. The van der Waals surface area contributed by atoms with Gasteiger partial charge in [0.1, 0.15) is 5.82 Å². The largest absolute Gasteiger partial charge is 0.478 e. The summed E-state index contributed by atoms with van der Waals surface area (Å²) in [6.07, 6.45) is 6.46. The van der Waals surface area contributed by atoms with Crippen molar-refractivity contribution in [3.63, 3.8) is 0 Å². The average molecular weight is 390 g/mol. The minimum absolute atomic E-state index is 0.740. The number of nitrogens with zero attached hydrogens (tertiary/aromatic N) is 5. The number of fused-ring (bicyclic) bond motifs is 2. The molecular formula is C23H27N5O. The van der Waals surface area contributed by atoms with Gasteiger partial charge in [-0.3, -0.25) is 4.98 Å². The summed E-state index contributed by atoms with van der Waals surface area (Å²) < 4.78 is 5.92. The van der Waals surface area contributed by atoms with Gasteiger partial charge in [0.05, 0.1) is 23.3 Å². The first-order valence-corrected chi connectivity index (χ1v) is 10.7. The summed E-state index contributed by atoms with van der Waals surface area (Å²) in [5, 5.41) is 0. The van der Waals surface area contributed by atoms with E-state index in [1.54, 1.807) is 6.20 Å². The molecule has 3 aromatic heterocycles. The quantitative estimate of drug-likeness (QED) is 0.602. The molecule has 0 amide bonds. The predicted molar refractivity (Wildman–Crippen MR) is 114 cm³/mol. The molecule has 3 aromatic rings. The van der Waals surface area contributed by atoms with E-state index in [4.69, 9.17) is 14.7 Å². The fraction of sp³-hybridized carbons (Fsp3) is 0.435.